The van der Waals surface area contributed by atoms with Crippen molar-refractivity contribution in [2.45, 2.75) is 33.2 Å². The molecule has 0 aliphatic carbocycles. The zero-order valence-electron chi connectivity index (χ0n) is 15.1. The lowest BCUT2D eigenvalue weighted by molar-refractivity contribution is -0.148. The number of amides is 1. The van der Waals surface area contributed by atoms with Gasteiger partial charge in [-0.05, 0) is 24.5 Å². The zero-order valence-corrected chi connectivity index (χ0v) is 15.1. The van der Waals surface area contributed by atoms with Crippen LogP contribution in [0.3, 0.4) is 0 Å². The van der Waals surface area contributed by atoms with Gasteiger partial charge in [-0.3, -0.25) is 4.79 Å². The SMILES string of the molecule is CC[C@@H](C)[C@H](NC(=O)COC(=O)/C=C/c1cccc(C)c1)C(=O)OC. The van der Waals surface area contributed by atoms with Crippen LogP contribution in [0.5, 0.6) is 0 Å². The van der Waals surface area contributed by atoms with E-state index in [9.17, 15) is 14.4 Å². The molecule has 0 aliphatic heterocycles. The van der Waals surface area contributed by atoms with E-state index in [0.717, 1.165) is 11.1 Å². The van der Waals surface area contributed by atoms with Crippen molar-refractivity contribution in [3.05, 3.63) is 41.5 Å². The van der Waals surface area contributed by atoms with Crippen molar-refractivity contribution in [1.29, 1.82) is 0 Å². The monoisotopic (exact) mass is 347 g/mol. The number of carbonyl (C=O) groups is 3. The largest absolute Gasteiger partial charge is 0.467 e. The van der Waals surface area contributed by atoms with E-state index in [1.54, 1.807) is 6.08 Å². The van der Waals surface area contributed by atoms with Gasteiger partial charge in [0.15, 0.2) is 6.61 Å². The molecule has 0 unspecified atom stereocenters. The average molecular weight is 347 g/mol. The third-order valence-electron chi connectivity index (χ3n) is 3.78. The zero-order chi connectivity index (χ0) is 18.8. The Kier molecular flexibility index (Phi) is 8.39. The number of hydrogen-bond acceptors (Lipinski definition) is 5. The summed E-state index contributed by atoms with van der Waals surface area (Å²) in [5, 5.41) is 2.54. The number of rotatable bonds is 8. The quantitative estimate of drug-likeness (QED) is 0.576. The number of carbonyl (C=O) groups excluding carboxylic acids is 3. The van der Waals surface area contributed by atoms with Crippen molar-refractivity contribution < 1.29 is 23.9 Å². The summed E-state index contributed by atoms with van der Waals surface area (Å²) in [4.78, 5) is 35.3. The first-order valence-corrected chi connectivity index (χ1v) is 8.16. The predicted octanol–water partition coefficient (Wildman–Crippen LogP) is 2.26. The van der Waals surface area contributed by atoms with E-state index in [2.05, 4.69) is 10.1 Å². The Labute approximate surface area is 148 Å². The first kappa shape index (κ1) is 20.4. The molecule has 25 heavy (non-hydrogen) atoms. The van der Waals surface area contributed by atoms with Crippen molar-refractivity contribution >= 4 is 23.9 Å². The van der Waals surface area contributed by atoms with Gasteiger partial charge in [0.25, 0.3) is 5.91 Å². The molecule has 1 amide bonds. The number of aryl methyl sites for hydroxylation is 1. The van der Waals surface area contributed by atoms with Gasteiger partial charge in [0, 0.05) is 6.08 Å². The van der Waals surface area contributed by atoms with Crippen LogP contribution in [-0.2, 0) is 23.9 Å². The fourth-order valence-corrected chi connectivity index (χ4v) is 2.13. The summed E-state index contributed by atoms with van der Waals surface area (Å²) in [5.41, 5.74) is 1.94. The van der Waals surface area contributed by atoms with E-state index >= 15 is 0 Å². The molecule has 0 fully saturated rings. The molecule has 6 heteroatoms. The highest BCUT2D eigenvalue weighted by molar-refractivity contribution is 5.90. The molecule has 1 rings (SSSR count). The minimum Gasteiger partial charge on any atom is -0.467 e. The van der Waals surface area contributed by atoms with Crippen LogP contribution in [0.15, 0.2) is 30.3 Å². The van der Waals surface area contributed by atoms with Crippen LogP contribution >= 0.6 is 0 Å². The van der Waals surface area contributed by atoms with Gasteiger partial charge >= 0.3 is 11.9 Å². The predicted molar refractivity (Wildman–Crippen MR) is 94.6 cm³/mol. The maximum absolute atomic E-state index is 11.9. The Morgan fingerprint density at radius 1 is 1.28 bits per heavy atom. The van der Waals surface area contributed by atoms with Crippen molar-refractivity contribution in [2.75, 3.05) is 13.7 Å². The van der Waals surface area contributed by atoms with Crippen LogP contribution < -0.4 is 5.32 Å². The van der Waals surface area contributed by atoms with Crippen molar-refractivity contribution in [2.24, 2.45) is 5.92 Å². The van der Waals surface area contributed by atoms with Gasteiger partial charge in [-0.1, -0.05) is 50.1 Å². The van der Waals surface area contributed by atoms with Gasteiger partial charge in [0.1, 0.15) is 6.04 Å². The molecule has 0 aliphatic rings. The summed E-state index contributed by atoms with van der Waals surface area (Å²) in [6.45, 7) is 5.23. The molecule has 1 aromatic rings. The molecule has 0 radical (unpaired) electrons. The van der Waals surface area contributed by atoms with Crippen LogP contribution in [0.2, 0.25) is 0 Å². The molecule has 0 heterocycles. The van der Waals surface area contributed by atoms with Crippen LogP contribution in [0.1, 0.15) is 31.4 Å². The van der Waals surface area contributed by atoms with Crippen LogP contribution in [-0.4, -0.2) is 37.6 Å². The van der Waals surface area contributed by atoms with Gasteiger partial charge in [-0.25, -0.2) is 9.59 Å². The maximum atomic E-state index is 11.9. The topological polar surface area (TPSA) is 81.7 Å². The van der Waals surface area contributed by atoms with E-state index in [0.29, 0.717) is 6.42 Å². The second kappa shape index (κ2) is 10.3. The van der Waals surface area contributed by atoms with Crippen molar-refractivity contribution in [1.82, 2.24) is 5.32 Å². The normalized spacial score (nSPS) is 13.1. The second-order valence-electron chi connectivity index (χ2n) is 5.81. The summed E-state index contributed by atoms with van der Waals surface area (Å²) in [6.07, 6.45) is 3.57. The molecular formula is C19H25NO5. The number of benzene rings is 1. The lowest BCUT2D eigenvalue weighted by Crippen LogP contribution is -2.47. The Hall–Kier alpha value is -2.63. The summed E-state index contributed by atoms with van der Waals surface area (Å²) in [7, 11) is 1.26. The Morgan fingerprint density at radius 2 is 2.00 bits per heavy atom. The molecule has 0 bridgehead atoms. The number of esters is 2. The Bertz CT molecular complexity index is 638. The molecule has 0 saturated heterocycles. The molecule has 2 atom stereocenters. The Balaban J connectivity index is 2.51. The van der Waals surface area contributed by atoms with Crippen LogP contribution in [0.25, 0.3) is 6.08 Å². The third-order valence-corrected chi connectivity index (χ3v) is 3.78. The number of hydrogen-bond donors (Lipinski definition) is 1. The summed E-state index contributed by atoms with van der Waals surface area (Å²) >= 11 is 0. The molecule has 1 aromatic carbocycles. The second-order valence-corrected chi connectivity index (χ2v) is 5.81. The molecule has 6 nitrogen and oxygen atoms in total. The van der Waals surface area contributed by atoms with E-state index in [4.69, 9.17) is 4.74 Å². The minimum absolute atomic E-state index is 0.0895. The molecule has 1 N–H and O–H groups in total. The highest BCUT2D eigenvalue weighted by atomic mass is 16.5. The van der Waals surface area contributed by atoms with Gasteiger partial charge in [0.05, 0.1) is 7.11 Å². The van der Waals surface area contributed by atoms with E-state index in [1.165, 1.54) is 13.2 Å². The highest BCUT2D eigenvalue weighted by Gasteiger charge is 2.26. The summed E-state index contributed by atoms with van der Waals surface area (Å²) in [6, 6.07) is 6.86. The summed E-state index contributed by atoms with van der Waals surface area (Å²) < 4.78 is 9.58. The minimum atomic E-state index is -0.760. The van der Waals surface area contributed by atoms with Gasteiger partial charge in [0.2, 0.25) is 0 Å². The maximum Gasteiger partial charge on any atom is 0.331 e. The van der Waals surface area contributed by atoms with Gasteiger partial charge in [-0.15, -0.1) is 0 Å². The fourth-order valence-electron chi connectivity index (χ4n) is 2.13. The van der Waals surface area contributed by atoms with Gasteiger partial charge < -0.3 is 14.8 Å². The van der Waals surface area contributed by atoms with Crippen LogP contribution in [0, 0.1) is 12.8 Å². The average Bonchev–Trinajstić information content (AvgIpc) is 2.61. The van der Waals surface area contributed by atoms with Gasteiger partial charge in [-0.2, -0.15) is 0 Å². The first-order chi connectivity index (χ1) is 11.9. The summed E-state index contributed by atoms with van der Waals surface area (Å²) in [5.74, 6) is -1.79. The standard InChI is InChI=1S/C19H25NO5/c1-5-14(3)18(19(23)24-4)20-16(21)12-25-17(22)10-9-15-8-6-7-13(2)11-15/h6-11,14,18H,5,12H2,1-4H3,(H,20,21)/b10-9+/t14-,18+/m1/s1. The first-order valence-electron chi connectivity index (χ1n) is 8.16. The third kappa shape index (κ3) is 7.20. The molecular weight excluding hydrogens is 322 g/mol. The molecule has 136 valence electrons. The fraction of sp³-hybridized carbons (Fsp3) is 0.421. The number of methoxy groups -OCH3 is 1. The van der Waals surface area contributed by atoms with E-state index in [-0.39, 0.29) is 5.92 Å². The number of ether oxygens (including phenoxy) is 2. The Morgan fingerprint density at radius 3 is 2.60 bits per heavy atom. The molecule has 0 aromatic heterocycles. The molecule has 0 spiro atoms. The number of nitrogens with one attached hydrogen (secondary N) is 1. The lowest BCUT2D eigenvalue weighted by atomic mass is 9.99. The van der Waals surface area contributed by atoms with Crippen LogP contribution in [0.4, 0.5) is 0 Å². The van der Waals surface area contributed by atoms with Crippen molar-refractivity contribution in [3.8, 4) is 0 Å². The lowest BCUT2D eigenvalue weighted by Gasteiger charge is -2.21. The molecule has 0 saturated carbocycles. The van der Waals surface area contributed by atoms with Crippen molar-refractivity contribution in [3.63, 3.8) is 0 Å². The van der Waals surface area contributed by atoms with E-state index in [1.807, 2.05) is 45.0 Å². The van der Waals surface area contributed by atoms with E-state index < -0.39 is 30.5 Å². The smallest absolute Gasteiger partial charge is 0.331 e. The highest BCUT2D eigenvalue weighted by Crippen LogP contribution is 2.09.